The zero-order valence-corrected chi connectivity index (χ0v) is 20.9. The number of para-hydroxylation sites is 1. The number of aromatic nitrogens is 2. The van der Waals surface area contributed by atoms with Gasteiger partial charge in [0.1, 0.15) is 10.9 Å². The first kappa shape index (κ1) is 24.8. The summed E-state index contributed by atoms with van der Waals surface area (Å²) < 4.78 is 3.98. The highest BCUT2D eigenvalue weighted by Gasteiger charge is 2.37. The lowest BCUT2D eigenvalue weighted by molar-refractivity contribution is -0.123. The van der Waals surface area contributed by atoms with Crippen LogP contribution < -0.4 is 21.7 Å². The number of carbonyl (C=O) groups is 3. The quantitative estimate of drug-likeness (QED) is 0.367. The standard InChI is InChI=1S/C26H26N6O3S/c1-26(2,3)30-24(34)21(16-11-12-18-15(14-16)8-7-13-29-18)32(17-9-5-4-6-10-17)25(35)22-19(27)20(23(28)33)31-36-22/h4-14,21H,27H2,1-3H3,(H2,28,33)(H,30,34). The summed E-state index contributed by atoms with van der Waals surface area (Å²) in [6, 6.07) is 16.8. The van der Waals surface area contributed by atoms with Crippen LogP contribution in [-0.4, -0.2) is 32.6 Å². The van der Waals surface area contributed by atoms with Gasteiger partial charge in [0, 0.05) is 22.8 Å². The summed E-state index contributed by atoms with van der Waals surface area (Å²) in [5, 5.41) is 3.81. The first-order chi connectivity index (χ1) is 17.1. The number of rotatable bonds is 6. The van der Waals surface area contributed by atoms with Crippen molar-refractivity contribution in [2.24, 2.45) is 5.73 Å². The highest BCUT2D eigenvalue weighted by molar-refractivity contribution is 7.09. The second-order valence-electron chi connectivity index (χ2n) is 9.25. The van der Waals surface area contributed by atoms with E-state index in [0.29, 0.717) is 11.3 Å². The van der Waals surface area contributed by atoms with Gasteiger partial charge >= 0.3 is 0 Å². The number of nitrogens with one attached hydrogen (secondary N) is 1. The Morgan fingerprint density at radius 2 is 1.75 bits per heavy atom. The molecule has 2 heterocycles. The SMILES string of the molecule is CC(C)(C)NC(=O)C(c1ccc2ncccc2c1)N(C(=O)c1snc(C(N)=O)c1N)c1ccccc1. The second kappa shape index (κ2) is 9.74. The van der Waals surface area contributed by atoms with E-state index in [1.54, 1.807) is 42.6 Å². The van der Waals surface area contributed by atoms with Crippen molar-refractivity contribution in [2.45, 2.75) is 32.4 Å². The number of fused-ring (bicyclic) bond motifs is 1. The molecule has 9 nitrogen and oxygen atoms in total. The van der Waals surface area contributed by atoms with E-state index >= 15 is 0 Å². The maximum Gasteiger partial charge on any atom is 0.273 e. The van der Waals surface area contributed by atoms with Crippen LogP contribution in [0.5, 0.6) is 0 Å². The van der Waals surface area contributed by atoms with Gasteiger partial charge < -0.3 is 16.8 Å². The number of anilines is 2. The van der Waals surface area contributed by atoms with Crippen LogP contribution in [0.2, 0.25) is 0 Å². The third kappa shape index (κ3) is 5.03. The van der Waals surface area contributed by atoms with Crippen LogP contribution in [0.15, 0.2) is 66.9 Å². The Bertz CT molecular complexity index is 1450. The van der Waals surface area contributed by atoms with Gasteiger partial charge in [-0.15, -0.1) is 0 Å². The van der Waals surface area contributed by atoms with E-state index in [4.69, 9.17) is 11.5 Å². The summed E-state index contributed by atoms with van der Waals surface area (Å²) in [7, 11) is 0. The molecule has 3 amide bonds. The van der Waals surface area contributed by atoms with Crippen molar-refractivity contribution in [3.8, 4) is 0 Å². The average molecular weight is 503 g/mol. The average Bonchev–Trinajstić information content (AvgIpc) is 3.22. The van der Waals surface area contributed by atoms with Crippen molar-refractivity contribution >= 4 is 51.5 Å². The number of nitrogens with two attached hydrogens (primary N) is 2. The van der Waals surface area contributed by atoms with Gasteiger partial charge in [-0.05, 0) is 68.2 Å². The lowest BCUT2D eigenvalue weighted by Gasteiger charge is -2.33. The number of hydrogen-bond acceptors (Lipinski definition) is 7. The number of pyridine rings is 1. The number of benzene rings is 2. The predicted molar refractivity (Wildman–Crippen MR) is 141 cm³/mol. The maximum absolute atomic E-state index is 14.0. The van der Waals surface area contributed by atoms with Crippen LogP contribution in [-0.2, 0) is 4.79 Å². The predicted octanol–water partition coefficient (Wildman–Crippen LogP) is 3.68. The smallest absolute Gasteiger partial charge is 0.273 e. The summed E-state index contributed by atoms with van der Waals surface area (Å²) in [5.41, 5.74) is 12.4. The van der Waals surface area contributed by atoms with Crippen LogP contribution in [0.25, 0.3) is 10.9 Å². The molecule has 5 N–H and O–H groups in total. The molecule has 2 aromatic carbocycles. The number of carbonyl (C=O) groups excluding carboxylic acids is 3. The minimum Gasteiger partial charge on any atom is -0.395 e. The molecule has 0 bridgehead atoms. The fourth-order valence-electron chi connectivity index (χ4n) is 3.83. The molecule has 0 aliphatic carbocycles. The molecule has 0 fully saturated rings. The minimum atomic E-state index is -1.07. The number of hydrogen-bond donors (Lipinski definition) is 3. The summed E-state index contributed by atoms with van der Waals surface area (Å²) in [5.74, 6) is -1.80. The van der Waals surface area contributed by atoms with Crippen molar-refractivity contribution in [2.75, 3.05) is 10.6 Å². The van der Waals surface area contributed by atoms with E-state index < -0.39 is 23.4 Å². The summed E-state index contributed by atoms with van der Waals surface area (Å²) in [6.45, 7) is 5.59. The minimum absolute atomic E-state index is 0.0173. The first-order valence-electron chi connectivity index (χ1n) is 11.2. The summed E-state index contributed by atoms with van der Waals surface area (Å²) in [4.78, 5) is 45.3. The summed E-state index contributed by atoms with van der Waals surface area (Å²) >= 11 is 0.767. The Hall–Kier alpha value is -4.31. The molecule has 184 valence electrons. The third-order valence-electron chi connectivity index (χ3n) is 5.36. The fraction of sp³-hybridized carbons (Fsp3) is 0.192. The van der Waals surface area contributed by atoms with Gasteiger partial charge in [-0.2, -0.15) is 4.37 Å². The number of primary amides is 1. The first-order valence-corrected chi connectivity index (χ1v) is 11.9. The van der Waals surface area contributed by atoms with Gasteiger partial charge in [0.25, 0.3) is 11.8 Å². The van der Waals surface area contributed by atoms with Gasteiger partial charge in [0.15, 0.2) is 5.69 Å². The molecule has 0 aliphatic rings. The van der Waals surface area contributed by atoms with E-state index in [1.165, 1.54) is 4.90 Å². The molecular weight excluding hydrogens is 476 g/mol. The van der Waals surface area contributed by atoms with Gasteiger partial charge in [-0.25, -0.2) is 0 Å². The largest absolute Gasteiger partial charge is 0.395 e. The molecule has 10 heteroatoms. The molecule has 2 aromatic heterocycles. The van der Waals surface area contributed by atoms with E-state index in [0.717, 1.165) is 22.4 Å². The van der Waals surface area contributed by atoms with Crippen LogP contribution in [0.4, 0.5) is 11.4 Å². The molecule has 0 saturated carbocycles. The Kier molecular flexibility index (Phi) is 6.71. The Morgan fingerprint density at radius 3 is 2.39 bits per heavy atom. The fourth-order valence-corrected chi connectivity index (χ4v) is 4.57. The van der Waals surface area contributed by atoms with Gasteiger partial charge in [0.05, 0.1) is 11.2 Å². The van der Waals surface area contributed by atoms with Crippen LogP contribution in [0.3, 0.4) is 0 Å². The third-order valence-corrected chi connectivity index (χ3v) is 6.21. The van der Waals surface area contributed by atoms with Crippen molar-refractivity contribution < 1.29 is 14.4 Å². The maximum atomic E-state index is 14.0. The van der Waals surface area contributed by atoms with E-state index in [2.05, 4.69) is 14.7 Å². The molecule has 36 heavy (non-hydrogen) atoms. The van der Waals surface area contributed by atoms with Crippen LogP contribution in [0, 0.1) is 0 Å². The Balaban J connectivity index is 1.93. The van der Waals surface area contributed by atoms with Gasteiger partial charge in [-0.1, -0.05) is 30.3 Å². The Labute approximate surface area is 212 Å². The van der Waals surface area contributed by atoms with E-state index in [1.807, 2.05) is 45.0 Å². The molecule has 1 unspecified atom stereocenters. The van der Waals surface area contributed by atoms with Crippen molar-refractivity contribution in [3.05, 3.63) is 83.0 Å². The lowest BCUT2D eigenvalue weighted by Crippen LogP contribution is -2.49. The second-order valence-corrected chi connectivity index (χ2v) is 10.0. The topological polar surface area (TPSA) is 144 Å². The number of amides is 3. The molecule has 4 aromatic rings. The van der Waals surface area contributed by atoms with E-state index in [-0.39, 0.29) is 22.2 Å². The molecule has 1 atom stereocenters. The van der Waals surface area contributed by atoms with Gasteiger partial charge in [-0.3, -0.25) is 24.3 Å². The van der Waals surface area contributed by atoms with Crippen molar-refractivity contribution in [1.82, 2.24) is 14.7 Å². The number of nitrogen functional groups attached to an aromatic ring is 1. The monoisotopic (exact) mass is 502 g/mol. The van der Waals surface area contributed by atoms with Crippen LogP contribution in [0.1, 0.15) is 52.5 Å². The number of nitrogens with zero attached hydrogens (tertiary/aromatic N) is 3. The van der Waals surface area contributed by atoms with Gasteiger partial charge in [0.2, 0.25) is 5.91 Å². The molecule has 0 radical (unpaired) electrons. The molecular formula is C26H26N6O3S. The highest BCUT2D eigenvalue weighted by atomic mass is 32.1. The lowest BCUT2D eigenvalue weighted by atomic mass is 9.99. The van der Waals surface area contributed by atoms with E-state index in [9.17, 15) is 14.4 Å². The van der Waals surface area contributed by atoms with Crippen molar-refractivity contribution in [3.63, 3.8) is 0 Å². The summed E-state index contributed by atoms with van der Waals surface area (Å²) in [6.07, 6.45) is 1.69. The molecule has 0 spiro atoms. The molecule has 0 aliphatic heterocycles. The molecule has 4 rings (SSSR count). The zero-order valence-electron chi connectivity index (χ0n) is 20.1. The normalized spacial score (nSPS) is 12.2. The zero-order chi connectivity index (χ0) is 26.0. The Morgan fingerprint density at radius 1 is 1.03 bits per heavy atom. The molecule has 0 saturated heterocycles. The van der Waals surface area contributed by atoms with Crippen molar-refractivity contribution in [1.29, 1.82) is 0 Å². The highest BCUT2D eigenvalue weighted by Crippen LogP contribution is 2.34. The van der Waals surface area contributed by atoms with Crippen LogP contribution >= 0.6 is 11.5 Å².